The molecule has 3 rings (SSSR count). The maximum absolute atomic E-state index is 13.0. The summed E-state index contributed by atoms with van der Waals surface area (Å²) in [5.74, 6) is -0.245. The number of carbonyl (C=O) groups excluding carboxylic acids is 1. The third-order valence-electron chi connectivity index (χ3n) is 5.04. The van der Waals surface area contributed by atoms with Gasteiger partial charge in [-0.1, -0.05) is 42.5 Å². The fraction of sp³-hybridized carbons (Fsp3) is 0.409. The quantitative estimate of drug-likeness (QED) is 0.849. The molecule has 4 nitrogen and oxygen atoms in total. The molecule has 0 radical (unpaired) electrons. The monoisotopic (exact) mass is 369 g/mol. The van der Waals surface area contributed by atoms with Gasteiger partial charge in [0, 0.05) is 19.6 Å². The van der Waals surface area contributed by atoms with Crippen LogP contribution < -0.4 is 5.32 Å². The molecule has 1 heterocycles. The second kappa shape index (κ2) is 9.62. The van der Waals surface area contributed by atoms with Crippen LogP contribution in [0.4, 0.5) is 4.39 Å². The molecule has 0 spiro atoms. The van der Waals surface area contributed by atoms with Crippen LogP contribution in [0.3, 0.4) is 0 Å². The summed E-state index contributed by atoms with van der Waals surface area (Å²) in [4.78, 5) is 17.1. The van der Waals surface area contributed by atoms with E-state index in [9.17, 15) is 9.18 Å². The standard InChI is InChI=1S/C22H28FN3O/c1-18(20-8-10-21(23)11-9-20)24-22(27)17-26-13-5-12-25(14-15-26)16-19-6-3-2-4-7-19/h2-4,6-11,18H,5,12-17H2,1H3,(H,24,27). The van der Waals surface area contributed by atoms with Gasteiger partial charge in [-0.3, -0.25) is 14.6 Å². The molecule has 1 fully saturated rings. The van der Waals surface area contributed by atoms with Crippen LogP contribution in [-0.2, 0) is 11.3 Å². The molecule has 1 atom stereocenters. The zero-order valence-corrected chi connectivity index (χ0v) is 15.9. The molecule has 5 heteroatoms. The Labute approximate surface area is 161 Å². The number of rotatable bonds is 6. The van der Waals surface area contributed by atoms with E-state index in [0.717, 1.165) is 44.7 Å². The third-order valence-corrected chi connectivity index (χ3v) is 5.04. The molecule has 1 amide bonds. The SMILES string of the molecule is CC(NC(=O)CN1CCCN(Cc2ccccc2)CC1)c1ccc(F)cc1. The highest BCUT2D eigenvalue weighted by molar-refractivity contribution is 5.78. The van der Waals surface area contributed by atoms with Gasteiger partial charge in [-0.25, -0.2) is 4.39 Å². The van der Waals surface area contributed by atoms with Crippen LogP contribution in [0.5, 0.6) is 0 Å². The van der Waals surface area contributed by atoms with Gasteiger partial charge in [0.1, 0.15) is 5.82 Å². The van der Waals surface area contributed by atoms with E-state index in [1.165, 1.54) is 17.7 Å². The van der Waals surface area contributed by atoms with Crippen molar-refractivity contribution >= 4 is 5.91 Å². The van der Waals surface area contributed by atoms with Crippen molar-refractivity contribution in [2.24, 2.45) is 0 Å². The number of benzene rings is 2. The van der Waals surface area contributed by atoms with E-state index in [2.05, 4.69) is 39.4 Å². The molecule has 0 aliphatic carbocycles. The van der Waals surface area contributed by atoms with Gasteiger partial charge in [-0.15, -0.1) is 0 Å². The van der Waals surface area contributed by atoms with Gasteiger partial charge in [0.25, 0.3) is 0 Å². The van der Waals surface area contributed by atoms with E-state index < -0.39 is 0 Å². The van der Waals surface area contributed by atoms with Crippen molar-refractivity contribution in [3.63, 3.8) is 0 Å². The highest BCUT2D eigenvalue weighted by Crippen LogP contribution is 2.13. The second-order valence-corrected chi connectivity index (χ2v) is 7.23. The topological polar surface area (TPSA) is 35.6 Å². The number of halogens is 1. The molecule has 1 aliphatic rings. The van der Waals surface area contributed by atoms with E-state index >= 15 is 0 Å². The van der Waals surface area contributed by atoms with E-state index in [1.54, 1.807) is 12.1 Å². The van der Waals surface area contributed by atoms with Crippen LogP contribution in [-0.4, -0.2) is 48.4 Å². The van der Waals surface area contributed by atoms with Crippen molar-refractivity contribution in [3.05, 3.63) is 71.5 Å². The Morgan fingerprint density at radius 3 is 2.41 bits per heavy atom. The highest BCUT2D eigenvalue weighted by atomic mass is 19.1. The number of nitrogens with one attached hydrogen (secondary N) is 1. The molecular formula is C22H28FN3O. The first-order chi connectivity index (χ1) is 13.1. The first-order valence-corrected chi connectivity index (χ1v) is 9.63. The Hall–Kier alpha value is -2.24. The summed E-state index contributed by atoms with van der Waals surface area (Å²) in [6.07, 6.45) is 1.06. The van der Waals surface area contributed by atoms with E-state index in [4.69, 9.17) is 0 Å². The lowest BCUT2D eigenvalue weighted by molar-refractivity contribution is -0.122. The van der Waals surface area contributed by atoms with E-state index in [1.807, 2.05) is 13.0 Å². The van der Waals surface area contributed by atoms with Crippen molar-refractivity contribution in [2.45, 2.75) is 25.9 Å². The molecule has 0 saturated carbocycles. The normalized spacial score (nSPS) is 17.3. The lowest BCUT2D eigenvalue weighted by Crippen LogP contribution is -2.40. The fourth-order valence-electron chi connectivity index (χ4n) is 3.51. The highest BCUT2D eigenvalue weighted by Gasteiger charge is 2.18. The number of hydrogen-bond donors (Lipinski definition) is 1. The lowest BCUT2D eigenvalue weighted by Gasteiger charge is -2.22. The summed E-state index contributed by atoms with van der Waals surface area (Å²) in [5.41, 5.74) is 2.24. The van der Waals surface area contributed by atoms with Gasteiger partial charge in [-0.05, 0) is 49.7 Å². The molecule has 0 bridgehead atoms. The molecule has 2 aromatic carbocycles. The number of nitrogens with zero attached hydrogens (tertiary/aromatic N) is 2. The van der Waals surface area contributed by atoms with Gasteiger partial charge < -0.3 is 5.32 Å². The van der Waals surface area contributed by atoms with E-state index in [-0.39, 0.29) is 17.8 Å². The van der Waals surface area contributed by atoms with Crippen molar-refractivity contribution in [1.82, 2.24) is 15.1 Å². The largest absolute Gasteiger partial charge is 0.348 e. The van der Waals surface area contributed by atoms with Crippen LogP contribution in [0, 0.1) is 5.82 Å². The summed E-state index contributed by atoms with van der Waals surface area (Å²) in [5, 5.41) is 3.02. The predicted octanol–water partition coefficient (Wildman–Crippen LogP) is 3.21. The van der Waals surface area contributed by atoms with Crippen molar-refractivity contribution < 1.29 is 9.18 Å². The zero-order chi connectivity index (χ0) is 19.1. The molecule has 27 heavy (non-hydrogen) atoms. The summed E-state index contributed by atoms with van der Waals surface area (Å²) in [7, 11) is 0. The molecule has 1 N–H and O–H groups in total. The minimum absolute atomic E-state index is 0.0170. The Bertz CT molecular complexity index is 720. The molecule has 1 unspecified atom stereocenters. The van der Waals surface area contributed by atoms with Gasteiger partial charge in [0.05, 0.1) is 12.6 Å². The molecule has 2 aromatic rings. The maximum atomic E-state index is 13.0. The molecule has 1 saturated heterocycles. The maximum Gasteiger partial charge on any atom is 0.234 e. The summed E-state index contributed by atoms with van der Waals surface area (Å²) >= 11 is 0. The lowest BCUT2D eigenvalue weighted by atomic mass is 10.1. The first kappa shape index (κ1) is 19.5. The fourth-order valence-corrected chi connectivity index (χ4v) is 3.51. The average molecular weight is 369 g/mol. The Morgan fingerprint density at radius 1 is 1.00 bits per heavy atom. The number of hydrogen-bond acceptors (Lipinski definition) is 3. The Balaban J connectivity index is 1.45. The molecule has 1 aliphatic heterocycles. The second-order valence-electron chi connectivity index (χ2n) is 7.23. The van der Waals surface area contributed by atoms with Gasteiger partial charge in [0.15, 0.2) is 0 Å². The van der Waals surface area contributed by atoms with Crippen LogP contribution in [0.25, 0.3) is 0 Å². The molecule has 144 valence electrons. The summed E-state index contributed by atoms with van der Waals surface area (Å²) in [6.45, 7) is 7.14. The van der Waals surface area contributed by atoms with Gasteiger partial charge in [-0.2, -0.15) is 0 Å². The minimum atomic E-state index is -0.262. The van der Waals surface area contributed by atoms with Crippen molar-refractivity contribution in [3.8, 4) is 0 Å². The van der Waals surface area contributed by atoms with Crippen LogP contribution in [0.1, 0.15) is 30.5 Å². The summed E-state index contributed by atoms with van der Waals surface area (Å²) in [6, 6.07) is 16.7. The first-order valence-electron chi connectivity index (χ1n) is 9.63. The third kappa shape index (κ3) is 6.15. The Morgan fingerprint density at radius 2 is 1.67 bits per heavy atom. The predicted molar refractivity (Wildman–Crippen MR) is 106 cm³/mol. The van der Waals surface area contributed by atoms with Gasteiger partial charge in [0.2, 0.25) is 5.91 Å². The smallest absolute Gasteiger partial charge is 0.234 e. The van der Waals surface area contributed by atoms with Crippen LogP contribution >= 0.6 is 0 Å². The average Bonchev–Trinajstić information content (AvgIpc) is 2.88. The van der Waals surface area contributed by atoms with Gasteiger partial charge >= 0.3 is 0 Å². The van der Waals surface area contributed by atoms with E-state index in [0.29, 0.717) is 6.54 Å². The minimum Gasteiger partial charge on any atom is -0.348 e. The van der Waals surface area contributed by atoms with Crippen molar-refractivity contribution in [2.75, 3.05) is 32.7 Å². The number of carbonyl (C=O) groups is 1. The molecular weight excluding hydrogens is 341 g/mol. The molecule has 0 aromatic heterocycles. The number of amides is 1. The van der Waals surface area contributed by atoms with Crippen molar-refractivity contribution in [1.29, 1.82) is 0 Å². The van der Waals surface area contributed by atoms with Crippen LogP contribution in [0.2, 0.25) is 0 Å². The summed E-state index contributed by atoms with van der Waals surface area (Å²) < 4.78 is 13.0. The van der Waals surface area contributed by atoms with Crippen LogP contribution in [0.15, 0.2) is 54.6 Å². The Kier molecular flexibility index (Phi) is 6.96. The zero-order valence-electron chi connectivity index (χ0n) is 15.9.